The van der Waals surface area contributed by atoms with Crippen molar-refractivity contribution in [3.05, 3.63) is 46.6 Å². The molecule has 3 aromatic heterocycles. The molecule has 0 spiro atoms. The molecule has 214 valence electrons. The monoisotopic (exact) mass is 583 g/mol. The molecule has 4 unspecified atom stereocenters. The summed E-state index contributed by atoms with van der Waals surface area (Å²) in [6, 6.07) is 6.78. The Morgan fingerprint density at radius 1 is 1.15 bits per heavy atom. The molecule has 1 aromatic carbocycles. The maximum Gasteiger partial charge on any atom is 0.145 e. The Morgan fingerprint density at radius 2 is 1.95 bits per heavy atom. The van der Waals surface area contributed by atoms with Gasteiger partial charge in [-0.3, -0.25) is 4.90 Å². The predicted octanol–water partition coefficient (Wildman–Crippen LogP) is 6.83. The molecule has 4 aromatic rings. The van der Waals surface area contributed by atoms with Crippen molar-refractivity contribution in [3.8, 4) is 0 Å². The van der Waals surface area contributed by atoms with E-state index >= 15 is 0 Å². The normalized spacial score (nSPS) is 22.1. The number of nitrogens with one attached hydrogen (secondary N) is 2. The number of aliphatic hydroxyl groups is 1. The van der Waals surface area contributed by atoms with Gasteiger partial charge in [0.1, 0.15) is 29.8 Å². The first kappa shape index (κ1) is 27.8. The van der Waals surface area contributed by atoms with Crippen LogP contribution in [0.4, 0.5) is 5.82 Å². The highest BCUT2D eigenvalue weighted by atomic mass is 35.5. The quantitative estimate of drug-likeness (QED) is 0.125. The number of aromatic amines is 1. The zero-order chi connectivity index (χ0) is 27.8. The molecule has 6 rings (SSSR count). The fourth-order valence-electron chi connectivity index (χ4n) is 6.45. The molecular formula is C30H39Cl2N7O. The fraction of sp³-hybridized carbons (Fsp3) is 0.567. The van der Waals surface area contributed by atoms with Crippen LogP contribution in [0.1, 0.15) is 70.7 Å². The number of aryl methyl sites for hydroxylation is 1. The van der Waals surface area contributed by atoms with Crippen LogP contribution < -0.4 is 5.32 Å². The molecule has 0 saturated heterocycles. The van der Waals surface area contributed by atoms with Gasteiger partial charge in [-0.25, -0.2) is 15.0 Å². The third-order valence-electron chi connectivity index (χ3n) is 8.84. The highest BCUT2D eigenvalue weighted by Crippen LogP contribution is 2.43. The Hall–Kier alpha value is -2.39. The van der Waals surface area contributed by atoms with Crippen LogP contribution in [0, 0.1) is 11.8 Å². The van der Waals surface area contributed by atoms with Gasteiger partial charge in [-0.2, -0.15) is 0 Å². The van der Waals surface area contributed by atoms with Gasteiger partial charge in [0.2, 0.25) is 0 Å². The van der Waals surface area contributed by atoms with E-state index in [1.54, 1.807) is 12.4 Å². The Balaban J connectivity index is 1.06. The topological polar surface area (TPSA) is 94.9 Å². The molecule has 2 aliphatic rings. The number of anilines is 1. The number of halogens is 2. The van der Waals surface area contributed by atoms with Crippen LogP contribution in [0.3, 0.4) is 0 Å². The van der Waals surface area contributed by atoms with Crippen LogP contribution in [0.15, 0.2) is 30.7 Å². The van der Waals surface area contributed by atoms with Gasteiger partial charge < -0.3 is 20.0 Å². The van der Waals surface area contributed by atoms with Gasteiger partial charge in [-0.1, -0.05) is 36.5 Å². The summed E-state index contributed by atoms with van der Waals surface area (Å²) in [5, 5.41) is 16.4. The number of hydrogen-bond donors (Lipinski definition) is 3. The molecule has 2 fully saturated rings. The number of aliphatic hydroxyl groups excluding tert-OH is 1. The fourth-order valence-corrected chi connectivity index (χ4v) is 6.77. The lowest BCUT2D eigenvalue weighted by atomic mass is 9.93. The van der Waals surface area contributed by atoms with Gasteiger partial charge in [0.15, 0.2) is 0 Å². The number of benzene rings is 1. The van der Waals surface area contributed by atoms with E-state index in [-0.39, 0.29) is 0 Å². The van der Waals surface area contributed by atoms with Crippen LogP contribution in [0.5, 0.6) is 0 Å². The minimum atomic E-state index is -0.469. The van der Waals surface area contributed by atoms with E-state index in [9.17, 15) is 5.11 Å². The van der Waals surface area contributed by atoms with E-state index in [0.717, 1.165) is 85.3 Å². The molecule has 3 heterocycles. The molecule has 2 saturated carbocycles. The molecule has 4 atom stereocenters. The Labute approximate surface area is 245 Å². The smallest absolute Gasteiger partial charge is 0.145 e. The van der Waals surface area contributed by atoms with Gasteiger partial charge in [0.25, 0.3) is 0 Å². The molecule has 0 aliphatic heterocycles. The second kappa shape index (κ2) is 11.8. The number of nitrogens with zero attached hydrogens (tertiary/aromatic N) is 5. The van der Waals surface area contributed by atoms with Crippen molar-refractivity contribution in [2.75, 3.05) is 18.4 Å². The number of rotatable bonds is 12. The zero-order valence-electron chi connectivity index (χ0n) is 23.3. The zero-order valence-corrected chi connectivity index (χ0v) is 24.8. The first-order chi connectivity index (χ1) is 19.4. The lowest BCUT2D eigenvalue weighted by Gasteiger charge is -2.30. The summed E-state index contributed by atoms with van der Waals surface area (Å²) in [7, 11) is 0. The second-order valence-corrected chi connectivity index (χ2v) is 12.5. The van der Waals surface area contributed by atoms with E-state index in [1.807, 2.05) is 13.0 Å². The van der Waals surface area contributed by atoms with E-state index in [4.69, 9.17) is 23.2 Å². The first-order valence-electron chi connectivity index (χ1n) is 14.7. The molecule has 8 nitrogen and oxygen atoms in total. The highest BCUT2D eigenvalue weighted by Gasteiger charge is 2.36. The van der Waals surface area contributed by atoms with Crippen molar-refractivity contribution in [1.29, 1.82) is 0 Å². The number of hydrogen-bond acceptors (Lipinski definition) is 6. The maximum atomic E-state index is 10.6. The summed E-state index contributed by atoms with van der Waals surface area (Å²) in [5.41, 5.74) is 2.78. The van der Waals surface area contributed by atoms with E-state index in [0.29, 0.717) is 34.0 Å². The molecular weight excluding hydrogens is 545 g/mol. The average molecular weight is 585 g/mol. The third-order valence-corrected chi connectivity index (χ3v) is 9.56. The van der Waals surface area contributed by atoms with Crippen LogP contribution in [0.25, 0.3) is 22.1 Å². The van der Waals surface area contributed by atoms with E-state index in [2.05, 4.69) is 53.9 Å². The number of H-pyrrole nitrogens is 1. The van der Waals surface area contributed by atoms with E-state index < -0.39 is 6.23 Å². The summed E-state index contributed by atoms with van der Waals surface area (Å²) in [5.74, 6) is 3.07. The Morgan fingerprint density at radius 3 is 2.73 bits per heavy atom. The summed E-state index contributed by atoms with van der Waals surface area (Å²) in [6.07, 6.45) is 12.1. The molecule has 40 heavy (non-hydrogen) atoms. The van der Waals surface area contributed by atoms with Crippen molar-refractivity contribution < 1.29 is 5.11 Å². The Bertz CT molecular complexity index is 1420. The largest absolute Gasteiger partial charge is 0.379 e. The standard InChI is InChI=1S/C30H39Cl2N7O/c1-3-19-12-22(39-11-9-23-29(35-21-7-8-21)33-17-34-30(23)39)13-20(19)16-38(18(2)40)10-5-4-6-28-36-26-14-24(31)25(32)15-27(26)37-28/h9,11,14-15,17-22,40H,3-8,10,12-13,16H2,1-2H3,(H,36,37)(H,33,34,35). The summed E-state index contributed by atoms with van der Waals surface area (Å²) in [6.45, 7) is 5.97. The van der Waals surface area contributed by atoms with Crippen molar-refractivity contribution in [1.82, 2.24) is 29.4 Å². The lowest BCUT2D eigenvalue weighted by molar-refractivity contribution is 0.00294. The van der Waals surface area contributed by atoms with Gasteiger partial charge in [-0.05, 0) is 75.5 Å². The molecule has 3 N–H and O–H groups in total. The van der Waals surface area contributed by atoms with Crippen LogP contribution >= 0.6 is 23.2 Å². The number of imidazole rings is 1. The second-order valence-electron chi connectivity index (χ2n) is 11.7. The SMILES string of the molecule is CCC1CC(n2ccc3c(NC4CC4)ncnc32)CC1CN(CCCCc1nc2cc(Cl)c(Cl)cc2[nH]1)C(C)O. The maximum absolute atomic E-state index is 10.6. The molecule has 2 aliphatic carbocycles. The van der Waals surface area contributed by atoms with Crippen LogP contribution in [-0.4, -0.2) is 59.9 Å². The van der Waals surface area contributed by atoms with Gasteiger partial charge in [0.05, 0.1) is 26.5 Å². The van der Waals surface area contributed by atoms with Crippen LogP contribution in [0.2, 0.25) is 10.0 Å². The van der Waals surface area contributed by atoms with Crippen molar-refractivity contribution in [2.24, 2.45) is 11.8 Å². The first-order valence-corrected chi connectivity index (χ1v) is 15.5. The van der Waals surface area contributed by atoms with Crippen molar-refractivity contribution in [3.63, 3.8) is 0 Å². The van der Waals surface area contributed by atoms with Crippen molar-refractivity contribution >= 4 is 51.1 Å². The molecule has 0 bridgehead atoms. The number of aromatic nitrogens is 5. The third kappa shape index (κ3) is 5.96. The van der Waals surface area contributed by atoms with Crippen molar-refractivity contribution in [2.45, 2.75) is 83.5 Å². The predicted molar refractivity (Wildman–Crippen MR) is 162 cm³/mol. The molecule has 10 heteroatoms. The molecule has 0 amide bonds. The highest BCUT2D eigenvalue weighted by molar-refractivity contribution is 6.42. The minimum absolute atomic E-state index is 0.419. The van der Waals surface area contributed by atoms with Gasteiger partial charge in [0, 0.05) is 37.8 Å². The minimum Gasteiger partial charge on any atom is -0.379 e. The summed E-state index contributed by atoms with van der Waals surface area (Å²) in [4.78, 5) is 19.5. The van der Waals surface area contributed by atoms with Crippen LogP contribution in [-0.2, 0) is 6.42 Å². The van der Waals surface area contributed by atoms with Gasteiger partial charge in [-0.15, -0.1) is 0 Å². The average Bonchev–Trinajstić information content (AvgIpc) is 3.31. The number of fused-ring (bicyclic) bond motifs is 2. The van der Waals surface area contributed by atoms with Gasteiger partial charge >= 0.3 is 0 Å². The molecule has 0 radical (unpaired) electrons. The Kier molecular flexibility index (Phi) is 8.22. The summed E-state index contributed by atoms with van der Waals surface area (Å²) < 4.78 is 2.37. The van der Waals surface area contributed by atoms with E-state index in [1.165, 1.54) is 12.8 Å². The number of unbranched alkanes of at least 4 members (excludes halogenated alkanes) is 1. The summed E-state index contributed by atoms with van der Waals surface area (Å²) >= 11 is 12.3. The lowest BCUT2D eigenvalue weighted by Crippen LogP contribution is -2.38.